The average molecular weight is 270 g/mol. The van der Waals surface area contributed by atoms with Crippen molar-refractivity contribution in [3.8, 4) is 0 Å². The lowest BCUT2D eigenvalue weighted by molar-refractivity contribution is 0.0553. The van der Waals surface area contributed by atoms with E-state index in [9.17, 15) is 0 Å². The van der Waals surface area contributed by atoms with Crippen LogP contribution in [0.5, 0.6) is 0 Å². The minimum Gasteiger partial charge on any atom is -0.296 e. The molecule has 2 fully saturated rings. The van der Waals surface area contributed by atoms with Gasteiger partial charge in [-0.3, -0.25) is 9.58 Å². The van der Waals surface area contributed by atoms with Crippen molar-refractivity contribution in [1.82, 2.24) is 14.7 Å². The van der Waals surface area contributed by atoms with Crippen LogP contribution in [0.4, 0.5) is 0 Å². The highest BCUT2D eigenvalue weighted by molar-refractivity contribution is 9.10. The zero-order chi connectivity index (χ0) is 10.3. The molecule has 2 heterocycles. The molecule has 2 aliphatic rings. The first-order valence-corrected chi connectivity index (χ1v) is 6.56. The van der Waals surface area contributed by atoms with Crippen LogP contribution in [0.1, 0.15) is 31.7 Å². The lowest BCUT2D eigenvalue weighted by atomic mass is 10.0. The highest BCUT2D eigenvalue weighted by Crippen LogP contribution is 2.31. The van der Waals surface area contributed by atoms with Crippen LogP contribution in [0.25, 0.3) is 0 Å². The summed E-state index contributed by atoms with van der Waals surface area (Å²) in [6.07, 6.45) is 9.64. The Labute approximate surface area is 98.6 Å². The van der Waals surface area contributed by atoms with Gasteiger partial charge < -0.3 is 0 Å². The minimum absolute atomic E-state index is 0.608. The van der Waals surface area contributed by atoms with Crippen molar-refractivity contribution in [2.24, 2.45) is 0 Å². The molecule has 4 heteroatoms. The van der Waals surface area contributed by atoms with Crippen molar-refractivity contribution >= 4 is 15.9 Å². The van der Waals surface area contributed by atoms with Crippen molar-refractivity contribution in [2.45, 2.75) is 37.8 Å². The Morgan fingerprint density at radius 2 is 1.93 bits per heavy atom. The van der Waals surface area contributed by atoms with Gasteiger partial charge >= 0.3 is 0 Å². The van der Waals surface area contributed by atoms with E-state index in [1.54, 1.807) is 0 Å². The normalized spacial score (nSPS) is 24.6. The molecule has 1 aromatic heterocycles. The van der Waals surface area contributed by atoms with E-state index < -0.39 is 0 Å². The smallest absolute Gasteiger partial charge is 0.0773 e. The van der Waals surface area contributed by atoms with Crippen LogP contribution in [-0.2, 0) is 0 Å². The average Bonchev–Trinajstić information content (AvgIpc) is 2.74. The molecule has 1 saturated heterocycles. The Morgan fingerprint density at radius 1 is 1.20 bits per heavy atom. The van der Waals surface area contributed by atoms with Crippen LogP contribution in [-0.4, -0.2) is 33.8 Å². The summed E-state index contributed by atoms with van der Waals surface area (Å²) in [5, 5.41) is 4.34. The van der Waals surface area contributed by atoms with Crippen molar-refractivity contribution in [3.05, 3.63) is 16.9 Å². The molecule has 1 saturated carbocycles. The largest absolute Gasteiger partial charge is 0.296 e. The predicted octanol–water partition coefficient (Wildman–Crippen LogP) is 2.44. The highest BCUT2D eigenvalue weighted by atomic mass is 79.9. The molecule has 0 N–H and O–H groups in total. The highest BCUT2D eigenvalue weighted by Gasteiger charge is 2.34. The molecule has 0 amide bonds. The summed E-state index contributed by atoms with van der Waals surface area (Å²) in [4.78, 5) is 2.62. The summed E-state index contributed by atoms with van der Waals surface area (Å²) in [5.41, 5.74) is 0. The van der Waals surface area contributed by atoms with E-state index in [0.29, 0.717) is 6.04 Å². The number of rotatable bonds is 2. The summed E-state index contributed by atoms with van der Waals surface area (Å²) in [6, 6.07) is 1.48. The summed E-state index contributed by atoms with van der Waals surface area (Å²) in [6.45, 7) is 2.39. The Morgan fingerprint density at radius 3 is 2.53 bits per heavy atom. The molecule has 0 aromatic carbocycles. The first-order valence-electron chi connectivity index (χ1n) is 5.76. The van der Waals surface area contributed by atoms with Gasteiger partial charge in [-0.25, -0.2) is 0 Å². The Hall–Kier alpha value is -0.350. The third-order valence-corrected chi connectivity index (χ3v) is 4.09. The van der Waals surface area contributed by atoms with Crippen LogP contribution in [0.15, 0.2) is 16.9 Å². The molecule has 1 aromatic rings. The molecular weight excluding hydrogens is 254 g/mol. The SMILES string of the molecule is Brc1cnn(C2CN(C3CCCC3)C2)c1. The van der Waals surface area contributed by atoms with Gasteiger partial charge in [-0.05, 0) is 28.8 Å². The molecular formula is C11H16BrN3. The van der Waals surface area contributed by atoms with Gasteiger partial charge in [-0.15, -0.1) is 0 Å². The zero-order valence-electron chi connectivity index (χ0n) is 8.77. The fraction of sp³-hybridized carbons (Fsp3) is 0.727. The van der Waals surface area contributed by atoms with Gasteiger partial charge in [0.05, 0.1) is 16.7 Å². The molecule has 0 unspecified atom stereocenters. The first-order chi connectivity index (χ1) is 7.33. The number of hydrogen-bond acceptors (Lipinski definition) is 2. The molecule has 82 valence electrons. The van der Waals surface area contributed by atoms with Gasteiger partial charge in [0.25, 0.3) is 0 Å². The molecule has 15 heavy (non-hydrogen) atoms. The molecule has 0 radical (unpaired) electrons. The Kier molecular flexibility index (Phi) is 2.56. The van der Waals surface area contributed by atoms with Crippen LogP contribution < -0.4 is 0 Å². The maximum atomic E-state index is 4.34. The molecule has 0 bridgehead atoms. The minimum atomic E-state index is 0.608. The van der Waals surface area contributed by atoms with Gasteiger partial charge in [-0.2, -0.15) is 5.10 Å². The maximum absolute atomic E-state index is 4.34. The van der Waals surface area contributed by atoms with E-state index in [0.717, 1.165) is 10.5 Å². The van der Waals surface area contributed by atoms with Gasteiger partial charge in [0.2, 0.25) is 0 Å². The number of aromatic nitrogens is 2. The second-order valence-electron chi connectivity index (χ2n) is 4.68. The topological polar surface area (TPSA) is 21.1 Å². The number of nitrogens with zero attached hydrogens (tertiary/aromatic N) is 3. The van der Waals surface area contributed by atoms with E-state index in [1.807, 2.05) is 6.20 Å². The fourth-order valence-corrected chi connectivity index (χ4v) is 3.04. The molecule has 0 spiro atoms. The van der Waals surface area contributed by atoms with Gasteiger partial charge in [0, 0.05) is 25.3 Å². The third-order valence-electron chi connectivity index (χ3n) is 3.68. The maximum Gasteiger partial charge on any atom is 0.0773 e. The molecule has 1 aliphatic heterocycles. The van der Waals surface area contributed by atoms with Gasteiger partial charge in [0.15, 0.2) is 0 Å². The molecule has 3 nitrogen and oxygen atoms in total. The Balaban J connectivity index is 1.57. The van der Waals surface area contributed by atoms with Crippen molar-refractivity contribution < 1.29 is 0 Å². The standard InChI is InChI=1S/C11H16BrN3/c12-9-5-13-15(6-9)11-7-14(8-11)10-3-1-2-4-10/h5-6,10-11H,1-4,7-8H2. The van der Waals surface area contributed by atoms with Crippen molar-refractivity contribution in [2.75, 3.05) is 13.1 Å². The van der Waals surface area contributed by atoms with E-state index in [4.69, 9.17) is 0 Å². The summed E-state index contributed by atoms with van der Waals surface area (Å²) in [5.74, 6) is 0. The quantitative estimate of drug-likeness (QED) is 0.823. The third kappa shape index (κ3) is 1.85. The first kappa shape index (κ1) is 9.85. The molecule has 1 aliphatic carbocycles. The van der Waals surface area contributed by atoms with Crippen LogP contribution in [0.2, 0.25) is 0 Å². The number of hydrogen-bond donors (Lipinski definition) is 0. The second kappa shape index (κ2) is 3.91. The van der Waals surface area contributed by atoms with Crippen molar-refractivity contribution in [3.63, 3.8) is 0 Å². The van der Waals surface area contributed by atoms with E-state index in [2.05, 4.69) is 36.8 Å². The van der Waals surface area contributed by atoms with Gasteiger partial charge in [0.1, 0.15) is 0 Å². The van der Waals surface area contributed by atoms with E-state index >= 15 is 0 Å². The van der Waals surface area contributed by atoms with Crippen LogP contribution >= 0.6 is 15.9 Å². The van der Waals surface area contributed by atoms with Crippen molar-refractivity contribution in [1.29, 1.82) is 0 Å². The predicted molar refractivity (Wildman–Crippen MR) is 62.8 cm³/mol. The van der Waals surface area contributed by atoms with Crippen LogP contribution in [0, 0.1) is 0 Å². The lowest BCUT2D eigenvalue weighted by Gasteiger charge is -2.43. The lowest BCUT2D eigenvalue weighted by Crippen LogP contribution is -2.52. The fourth-order valence-electron chi connectivity index (χ4n) is 2.74. The molecule has 3 rings (SSSR count). The second-order valence-corrected chi connectivity index (χ2v) is 5.60. The monoisotopic (exact) mass is 269 g/mol. The van der Waals surface area contributed by atoms with E-state index in [1.165, 1.54) is 38.8 Å². The van der Waals surface area contributed by atoms with Gasteiger partial charge in [-0.1, -0.05) is 12.8 Å². The van der Waals surface area contributed by atoms with Crippen LogP contribution in [0.3, 0.4) is 0 Å². The summed E-state index contributed by atoms with van der Waals surface area (Å²) >= 11 is 3.44. The number of likely N-dealkylation sites (tertiary alicyclic amines) is 1. The Bertz CT molecular complexity index is 337. The summed E-state index contributed by atoms with van der Waals surface area (Å²) < 4.78 is 3.18. The van der Waals surface area contributed by atoms with E-state index in [-0.39, 0.29) is 0 Å². The molecule has 0 atom stereocenters. The zero-order valence-corrected chi connectivity index (χ0v) is 10.4. The summed E-state index contributed by atoms with van der Waals surface area (Å²) in [7, 11) is 0. The number of halogens is 1.